The fraction of sp³-hybridized carbons (Fsp3) is 0.571. The van der Waals surface area contributed by atoms with E-state index in [9.17, 15) is 4.79 Å². The number of hydrogen-bond acceptors (Lipinski definition) is 1. The number of carbonyl (C=O) groups excluding carboxylic acids is 1. The Morgan fingerprint density at radius 2 is 1.88 bits per heavy atom. The van der Waals surface area contributed by atoms with Gasteiger partial charge < -0.3 is 0 Å². The van der Waals surface area contributed by atoms with E-state index in [4.69, 9.17) is 0 Å². The zero-order valence-electron chi connectivity index (χ0n) is 10.4. The molecule has 0 atom stereocenters. The highest BCUT2D eigenvalue weighted by Gasteiger charge is 2.08. The summed E-state index contributed by atoms with van der Waals surface area (Å²) in [6.45, 7) is 4.76. The molecule has 0 N–H and O–H groups in total. The van der Waals surface area contributed by atoms with E-state index in [2.05, 4.69) is 13.8 Å². The Kier molecular flexibility index (Phi) is 5.76. The summed E-state index contributed by atoms with van der Waals surface area (Å²) in [5, 5.41) is 0. The van der Waals surface area contributed by atoms with E-state index >= 15 is 0 Å². The molecule has 16 heavy (non-hydrogen) atoms. The second kappa shape index (κ2) is 7.15. The molecular formula is C14H22NO+. The van der Waals surface area contributed by atoms with Crippen LogP contribution in [0.1, 0.15) is 44.6 Å². The molecule has 1 rings (SSSR count). The third kappa shape index (κ3) is 5.06. The summed E-state index contributed by atoms with van der Waals surface area (Å²) >= 11 is 0. The molecule has 0 amide bonds. The predicted octanol–water partition coefficient (Wildman–Crippen LogP) is 2.82. The first-order valence-corrected chi connectivity index (χ1v) is 6.19. The maximum Gasteiger partial charge on any atom is 0.206 e. The van der Waals surface area contributed by atoms with E-state index in [-0.39, 0.29) is 0 Å². The van der Waals surface area contributed by atoms with E-state index in [1.807, 2.05) is 29.1 Å². The number of ketones is 1. The third-order valence-corrected chi connectivity index (χ3v) is 2.73. The summed E-state index contributed by atoms with van der Waals surface area (Å²) in [7, 11) is 0. The summed E-state index contributed by atoms with van der Waals surface area (Å²) in [5.41, 5.74) is 1.23. The van der Waals surface area contributed by atoms with Crippen LogP contribution < -0.4 is 4.57 Å². The number of unbranched alkanes of at least 4 members (excludes halogenated alkanes) is 3. The van der Waals surface area contributed by atoms with Gasteiger partial charge >= 0.3 is 0 Å². The van der Waals surface area contributed by atoms with E-state index in [0.29, 0.717) is 12.3 Å². The monoisotopic (exact) mass is 220 g/mol. The van der Waals surface area contributed by atoms with Gasteiger partial charge in [-0.05, 0) is 18.9 Å². The molecule has 0 aliphatic rings. The quantitative estimate of drug-likeness (QED) is 0.511. The highest BCUT2D eigenvalue weighted by molar-refractivity contribution is 5.76. The van der Waals surface area contributed by atoms with E-state index in [0.717, 1.165) is 12.8 Å². The van der Waals surface area contributed by atoms with Crippen molar-refractivity contribution in [1.29, 1.82) is 0 Å². The number of pyridine rings is 1. The standard InChI is InChI=1S/C14H22NO/c1-3-4-5-6-7-14(16)12-15-10-8-13(2)9-11-15/h8-11H,3-7,12H2,1-2H3/q+1. The van der Waals surface area contributed by atoms with Gasteiger partial charge in [0.1, 0.15) is 0 Å². The van der Waals surface area contributed by atoms with Crippen molar-refractivity contribution < 1.29 is 9.36 Å². The van der Waals surface area contributed by atoms with Crippen molar-refractivity contribution in [1.82, 2.24) is 0 Å². The fourth-order valence-electron chi connectivity index (χ4n) is 1.67. The third-order valence-electron chi connectivity index (χ3n) is 2.73. The van der Waals surface area contributed by atoms with Crippen LogP contribution in [0.25, 0.3) is 0 Å². The first kappa shape index (κ1) is 12.9. The highest BCUT2D eigenvalue weighted by atomic mass is 16.1. The fourth-order valence-corrected chi connectivity index (χ4v) is 1.67. The summed E-state index contributed by atoms with van der Waals surface area (Å²) in [4.78, 5) is 11.6. The first-order valence-electron chi connectivity index (χ1n) is 6.19. The van der Waals surface area contributed by atoms with Crippen molar-refractivity contribution in [3.05, 3.63) is 30.1 Å². The van der Waals surface area contributed by atoms with Gasteiger partial charge in [-0.15, -0.1) is 0 Å². The van der Waals surface area contributed by atoms with Crippen molar-refractivity contribution in [2.75, 3.05) is 0 Å². The van der Waals surface area contributed by atoms with Gasteiger partial charge in [-0.3, -0.25) is 4.79 Å². The van der Waals surface area contributed by atoms with E-state index in [1.54, 1.807) is 0 Å². The minimum atomic E-state index is 0.338. The van der Waals surface area contributed by atoms with Crippen LogP contribution in [0.15, 0.2) is 24.5 Å². The molecule has 88 valence electrons. The van der Waals surface area contributed by atoms with Crippen LogP contribution in [-0.2, 0) is 11.3 Å². The van der Waals surface area contributed by atoms with Crippen LogP contribution in [0.4, 0.5) is 0 Å². The van der Waals surface area contributed by atoms with Crippen molar-refractivity contribution in [3.63, 3.8) is 0 Å². The smallest absolute Gasteiger partial charge is 0.206 e. The van der Waals surface area contributed by atoms with Gasteiger partial charge in [0.2, 0.25) is 6.54 Å². The summed E-state index contributed by atoms with van der Waals surface area (Å²) in [6.07, 6.45) is 9.35. The number of carbonyl (C=O) groups is 1. The summed E-state index contributed by atoms with van der Waals surface area (Å²) < 4.78 is 1.95. The normalized spacial score (nSPS) is 10.4. The van der Waals surface area contributed by atoms with Crippen LogP contribution in [0.5, 0.6) is 0 Å². The molecule has 0 aliphatic heterocycles. The number of aryl methyl sites for hydroxylation is 1. The van der Waals surface area contributed by atoms with Gasteiger partial charge in [-0.25, -0.2) is 0 Å². The molecule has 2 nitrogen and oxygen atoms in total. The van der Waals surface area contributed by atoms with Gasteiger partial charge in [0.05, 0.1) is 0 Å². The highest BCUT2D eigenvalue weighted by Crippen LogP contribution is 2.02. The minimum absolute atomic E-state index is 0.338. The van der Waals surface area contributed by atoms with Crippen molar-refractivity contribution in [3.8, 4) is 0 Å². The minimum Gasteiger partial charge on any atom is -0.293 e. The zero-order chi connectivity index (χ0) is 11.8. The molecule has 1 aromatic rings. The van der Waals surface area contributed by atoms with Crippen molar-refractivity contribution >= 4 is 5.78 Å². The lowest BCUT2D eigenvalue weighted by atomic mass is 10.1. The summed E-state index contributed by atoms with van der Waals surface area (Å²) in [5.74, 6) is 0.338. The lowest BCUT2D eigenvalue weighted by Gasteiger charge is -1.98. The van der Waals surface area contributed by atoms with Crippen molar-refractivity contribution in [2.24, 2.45) is 0 Å². The number of nitrogens with zero attached hydrogens (tertiary/aromatic N) is 1. The Morgan fingerprint density at radius 1 is 1.19 bits per heavy atom. The summed E-state index contributed by atoms with van der Waals surface area (Å²) in [6, 6.07) is 4.06. The molecule has 0 unspecified atom stereocenters. The van der Waals surface area contributed by atoms with Crippen molar-refractivity contribution in [2.45, 2.75) is 52.5 Å². The molecule has 1 heterocycles. The van der Waals surface area contributed by atoms with Gasteiger partial charge in [0.25, 0.3) is 0 Å². The molecule has 0 spiro atoms. The van der Waals surface area contributed by atoms with Crippen LogP contribution in [0.3, 0.4) is 0 Å². The number of rotatable bonds is 7. The molecule has 0 aromatic carbocycles. The maximum atomic E-state index is 11.6. The average Bonchev–Trinajstić information content (AvgIpc) is 2.28. The first-order chi connectivity index (χ1) is 7.72. The van der Waals surface area contributed by atoms with Gasteiger partial charge in [-0.2, -0.15) is 4.57 Å². The molecule has 1 aromatic heterocycles. The number of hydrogen-bond donors (Lipinski definition) is 0. The SMILES string of the molecule is CCCCCCC(=O)C[n+]1ccc(C)cc1. The molecule has 2 heteroatoms. The van der Waals surface area contributed by atoms with Crippen LogP contribution in [0.2, 0.25) is 0 Å². The molecule has 0 saturated carbocycles. The Morgan fingerprint density at radius 3 is 2.50 bits per heavy atom. The lowest BCUT2D eigenvalue weighted by Crippen LogP contribution is -2.36. The Labute approximate surface area is 98.3 Å². The van der Waals surface area contributed by atoms with Crippen LogP contribution in [-0.4, -0.2) is 5.78 Å². The zero-order valence-corrected chi connectivity index (χ0v) is 10.4. The van der Waals surface area contributed by atoms with Gasteiger partial charge in [-0.1, -0.05) is 26.2 Å². The maximum absolute atomic E-state index is 11.6. The Bertz CT molecular complexity index is 316. The predicted molar refractivity (Wildman–Crippen MR) is 65.1 cm³/mol. The molecule has 0 radical (unpaired) electrons. The van der Waals surface area contributed by atoms with Gasteiger partial charge in [0.15, 0.2) is 18.2 Å². The number of Topliss-reactive ketones (excluding diaryl/α,β-unsaturated/α-hetero) is 1. The molecule has 0 fully saturated rings. The molecule has 0 bridgehead atoms. The number of aromatic nitrogens is 1. The molecule has 0 saturated heterocycles. The lowest BCUT2D eigenvalue weighted by molar-refractivity contribution is -0.684. The van der Waals surface area contributed by atoms with Crippen LogP contribution in [0, 0.1) is 6.92 Å². The van der Waals surface area contributed by atoms with E-state index < -0.39 is 0 Å². The Hall–Kier alpha value is -1.18. The molecular weight excluding hydrogens is 198 g/mol. The topological polar surface area (TPSA) is 20.9 Å². The molecule has 0 aliphatic carbocycles. The second-order valence-corrected chi connectivity index (χ2v) is 4.40. The largest absolute Gasteiger partial charge is 0.293 e. The van der Waals surface area contributed by atoms with Crippen LogP contribution >= 0.6 is 0 Å². The average molecular weight is 220 g/mol. The Balaban J connectivity index is 2.26. The van der Waals surface area contributed by atoms with E-state index in [1.165, 1.54) is 24.8 Å². The second-order valence-electron chi connectivity index (χ2n) is 4.40. The van der Waals surface area contributed by atoms with Gasteiger partial charge in [0, 0.05) is 18.6 Å².